The van der Waals surface area contributed by atoms with E-state index in [9.17, 15) is 0 Å². The molecule has 0 bridgehead atoms. The van der Waals surface area contributed by atoms with Crippen LogP contribution in [0.4, 0.5) is 0 Å². The molecule has 1 N–H and O–H groups in total. The third-order valence-corrected chi connectivity index (χ3v) is 5.51. The smallest absolute Gasteiger partial charge is 0.0472 e. The first-order valence-corrected chi connectivity index (χ1v) is 8.87. The number of hydrogen-bond acceptors (Lipinski definition) is 2. The maximum Gasteiger partial charge on any atom is 0.0472 e. The number of likely N-dealkylation sites (tertiary alicyclic amines) is 1. The second-order valence-electron chi connectivity index (χ2n) is 6.91. The van der Waals surface area contributed by atoms with Gasteiger partial charge in [-0.05, 0) is 57.2 Å². The molecule has 1 aromatic carbocycles. The molecule has 2 unspecified atom stereocenters. The van der Waals surface area contributed by atoms with Crippen LogP contribution in [0.25, 0.3) is 0 Å². The predicted octanol–water partition coefficient (Wildman–Crippen LogP) is 3.99. The van der Waals surface area contributed by atoms with Gasteiger partial charge >= 0.3 is 0 Å². The molecular weight excluding hydrogens is 256 g/mol. The van der Waals surface area contributed by atoms with Gasteiger partial charge in [0.05, 0.1) is 0 Å². The van der Waals surface area contributed by atoms with Crippen molar-refractivity contribution in [2.24, 2.45) is 5.92 Å². The number of benzene rings is 1. The second kappa shape index (κ2) is 7.42. The molecule has 3 rings (SSSR count). The molecule has 1 heterocycles. The molecule has 2 nitrogen and oxygen atoms in total. The van der Waals surface area contributed by atoms with E-state index in [4.69, 9.17) is 0 Å². The number of nitrogens with zero attached hydrogens (tertiary/aromatic N) is 1. The van der Waals surface area contributed by atoms with Gasteiger partial charge in [0, 0.05) is 18.6 Å². The molecule has 0 spiro atoms. The minimum absolute atomic E-state index is 0.553. The largest absolute Gasteiger partial charge is 0.312 e. The van der Waals surface area contributed by atoms with Crippen LogP contribution in [0.15, 0.2) is 30.3 Å². The monoisotopic (exact) mass is 286 g/mol. The van der Waals surface area contributed by atoms with Crippen LogP contribution in [0.5, 0.6) is 0 Å². The van der Waals surface area contributed by atoms with Crippen molar-refractivity contribution < 1.29 is 0 Å². The summed E-state index contributed by atoms with van der Waals surface area (Å²) in [7, 11) is 0. The summed E-state index contributed by atoms with van der Waals surface area (Å²) < 4.78 is 0. The van der Waals surface area contributed by atoms with Crippen molar-refractivity contribution in [2.45, 2.75) is 57.5 Å². The van der Waals surface area contributed by atoms with Gasteiger partial charge in [0.25, 0.3) is 0 Å². The van der Waals surface area contributed by atoms with E-state index >= 15 is 0 Å². The Labute approximate surface area is 129 Å². The average molecular weight is 286 g/mol. The van der Waals surface area contributed by atoms with Crippen LogP contribution in [-0.4, -0.2) is 30.6 Å². The van der Waals surface area contributed by atoms with Crippen molar-refractivity contribution >= 4 is 0 Å². The van der Waals surface area contributed by atoms with E-state index in [1.54, 1.807) is 0 Å². The van der Waals surface area contributed by atoms with Gasteiger partial charge in [0.2, 0.25) is 0 Å². The number of rotatable bonds is 6. The van der Waals surface area contributed by atoms with Crippen molar-refractivity contribution in [3.8, 4) is 0 Å². The molecule has 2 atom stereocenters. The molecule has 0 radical (unpaired) electrons. The molecule has 21 heavy (non-hydrogen) atoms. The van der Waals surface area contributed by atoms with Crippen molar-refractivity contribution in [3.05, 3.63) is 35.9 Å². The SMILES string of the molecule is CC(NCC(c1ccccc1)N1CCCC1)C1CCCC1. The fourth-order valence-electron chi connectivity index (χ4n) is 4.11. The molecule has 1 aromatic rings. The van der Waals surface area contributed by atoms with Crippen molar-refractivity contribution in [1.29, 1.82) is 0 Å². The zero-order valence-corrected chi connectivity index (χ0v) is 13.4. The lowest BCUT2D eigenvalue weighted by molar-refractivity contribution is 0.225. The van der Waals surface area contributed by atoms with Gasteiger partial charge in [-0.1, -0.05) is 43.2 Å². The molecule has 2 fully saturated rings. The van der Waals surface area contributed by atoms with Crippen LogP contribution in [0, 0.1) is 5.92 Å². The van der Waals surface area contributed by atoms with E-state index in [2.05, 4.69) is 47.5 Å². The summed E-state index contributed by atoms with van der Waals surface area (Å²) in [5.74, 6) is 0.903. The third kappa shape index (κ3) is 3.87. The normalized spacial score (nSPS) is 23.5. The summed E-state index contributed by atoms with van der Waals surface area (Å²) in [6.07, 6.45) is 8.45. The molecule has 1 saturated heterocycles. The van der Waals surface area contributed by atoms with Gasteiger partial charge in [-0.25, -0.2) is 0 Å². The minimum Gasteiger partial charge on any atom is -0.312 e. The van der Waals surface area contributed by atoms with Gasteiger partial charge in [0.15, 0.2) is 0 Å². The predicted molar refractivity (Wildman–Crippen MR) is 89.4 cm³/mol. The first kappa shape index (κ1) is 15.1. The number of nitrogens with one attached hydrogen (secondary N) is 1. The fourth-order valence-corrected chi connectivity index (χ4v) is 4.11. The number of hydrogen-bond donors (Lipinski definition) is 1. The Bertz CT molecular complexity index is 405. The Balaban J connectivity index is 1.61. The Kier molecular flexibility index (Phi) is 5.32. The van der Waals surface area contributed by atoms with Gasteiger partial charge < -0.3 is 5.32 Å². The highest BCUT2D eigenvalue weighted by Crippen LogP contribution is 2.29. The fraction of sp³-hybridized carbons (Fsp3) is 0.684. The van der Waals surface area contributed by atoms with Crippen molar-refractivity contribution in [2.75, 3.05) is 19.6 Å². The quantitative estimate of drug-likeness (QED) is 0.850. The topological polar surface area (TPSA) is 15.3 Å². The zero-order chi connectivity index (χ0) is 14.5. The standard InChI is InChI=1S/C19H30N2/c1-16(17-9-5-6-10-17)20-15-19(21-13-7-8-14-21)18-11-3-2-4-12-18/h2-4,11-12,16-17,19-20H,5-10,13-15H2,1H3. The summed E-state index contributed by atoms with van der Waals surface area (Å²) in [6, 6.07) is 12.3. The van der Waals surface area contributed by atoms with Crippen LogP contribution < -0.4 is 5.32 Å². The highest BCUT2D eigenvalue weighted by atomic mass is 15.2. The molecule has 2 heteroatoms. The highest BCUT2D eigenvalue weighted by Gasteiger charge is 2.26. The maximum atomic E-state index is 3.86. The third-order valence-electron chi connectivity index (χ3n) is 5.51. The van der Waals surface area contributed by atoms with Gasteiger partial charge in [0.1, 0.15) is 0 Å². The summed E-state index contributed by atoms with van der Waals surface area (Å²) in [5, 5.41) is 3.86. The van der Waals surface area contributed by atoms with Crippen molar-refractivity contribution in [3.63, 3.8) is 0 Å². The van der Waals surface area contributed by atoms with Crippen LogP contribution in [0.1, 0.15) is 57.1 Å². The van der Waals surface area contributed by atoms with Crippen LogP contribution in [0.2, 0.25) is 0 Å². The first-order chi connectivity index (χ1) is 10.3. The minimum atomic E-state index is 0.553. The molecule has 0 amide bonds. The molecular formula is C19H30N2. The van der Waals surface area contributed by atoms with Gasteiger partial charge in [-0.15, -0.1) is 0 Å². The molecule has 116 valence electrons. The summed E-state index contributed by atoms with van der Waals surface area (Å²) >= 11 is 0. The Morgan fingerprint density at radius 3 is 2.38 bits per heavy atom. The lowest BCUT2D eigenvalue weighted by Gasteiger charge is -2.31. The van der Waals surface area contributed by atoms with E-state index in [1.807, 2.05) is 0 Å². The lowest BCUT2D eigenvalue weighted by Crippen LogP contribution is -2.40. The molecule has 0 aromatic heterocycles. The first-order valence-electron chi connectivity index (χ1n) is 8.87. The zero-order valence-electron chi connectivity index (χ0n) is 13.4. The van der Waals surface area contributed by atoms with E-state index < -0.39 is 0 Å². The van der Waals surface area contributed by atoms with Crippen LogP contribution in [0.3, 0.4) is 0 Å². The molecule has 2 aliphatic rings. The van der Waals surface area contributed by atoms with Gasteiger partial charge in [-0.3, -0.25) is 4.90 Å². The Hall–Kier alpha value is -0.860. The van der Waals surface area contributed by atoms with Crippen molar-refractivity contribution in [1.82, 2.24) is 10.2 Å². The summed E-state index contributed by atoms with van der Waals surface area (Å²) in [6.45, 7) is 6.02. The Morgan fingerprint density at radius 2 is 1.71 bits per heavy atom. The van der Waals surface area contributed by atoms with E-state index in [0.717, 1.165) is 12.5 Å². The second-order valence-corrected chi connectivity index (χ2v) is 6.91. The van der Waals surface area contributed by atoms with E-state index in [0.29, 0.717) is 12.1 Å². The lowest BCUT2D eigenvalue weighted by atomic mass is 9.98. The molecule has 1 aliphatic heterocycles. The van der Waals surface area contributed by atoms with Crippen LogP contribution in [-0.2, 0) is 0 Å². The molecule has 1 saturated carbocycles. The van der Waals surface area contributed by atoms with Crippen LogP contribution >= 0.6 is 0 Å². The average Bonchev–Trinajstić information content (AvgIpc) is 3.22. The summed E-state index contributed by atoms with van der Waals surface area (Å²) in [5.41, 5.74) is 1.48. The van der Waals surface area contributed by atoms with Gasteiger partial charge in [-0.2, -0.15) is 0 Å². The Morgan fingerprint density at radius 1 is 1.05 bits per heavy atom. The molecule has 1 aliphatic carbocycles. The highest BCUT2D eigenvalue weighted by molar-refractivity contribution is 5.19. The van der Waals surface area contributed by atoms with E-state index in [-0.39, 0.29) is 0 Å². The van der Waals surface area contributed by atoms with E-state index in [1.165, 1.54) is 57.2 Å². The summed E-state index contributed by atoms with van der Waals surface area (Å²) in [4.78, 5) is 2.67. The maximum absolute atomic E-state index is 3.86.